The summed E-state index contributed by atoms with van der Waals surface area (Å²) in [6.45, 7) is 0. The highest BCUT2D eigenvalue weighted by molar-refractivity contribution is 7.20. The van der Waals surface area contributed by atoms with Gasteiger partial charge in [-0.25, -0.2) is 9.97 Å². The van der Waals surface area contributed by atoms with Crippen molar-refractivity contribution in [1.82, 2.24) is 38.2 Å². The fraction of sp³-hybridized carbons (Fsp3) is 0.0179. The highest BCUT2D eigenvalue weighted by Crippen LogP contribution is 2.61. The van der Waals surface area contributed by atoms with Gasteiger partial charge in [0, 0.05) is 78.2 Å². The standard InChI is InChI=1S/C112H74N8Si2/c1-7-37-75(38-8-1)121(76-39-9-2-10-40-76,77-41-11-3-12-42-77)81-49-33-35-73(69-81)93-71-103(117-95-59-27-21-51-83(95)84-52-22-28-60-96(84)117)115-111(113-93)119-99-63-31-25-57-89(99)106-101(119)67-65-91-105-87-55-19-20-56-88(87)108(109(91)106)110-92(105)66-68-102-107(110)90-58-26-32-64-100(90)120(102)112-114-94(72-104(116-112)118-97-61-29-23-53-85(97)86-54-24-30-62-98(86)118)74-36-34-50-82(70-74)122(78-43-13-4-14-44-78,79-45-15-5-16-46-79)80-47-17-6-18-48-80/h1-72,105,108H. The molecule has 6 aromatic heterocycles. The van der Waals surface area contributed by atoms with E-state index in [4.69, 9.17) is 19.9 Å². The predicted molar refractivity (Wildman–Crippen MR) is 508 cm³/mol. The third-order valence-electron chi connectivity index (χ3n) is 26.5. The van der Waals surface area contributed by atoms with Crippen LogP contribution < -0.4 is 41.5 Å². The van der Waals surface area contributed by atoms with Crippen LogP contribution in [0.15, 0.2) is 437 Å². The largest absolute Gasteiger partial charge is 0.294 e. The molecule has 0 amide bonds. The van der Waals surface area contributed by atoms with Gasteiger partial charge in [0.2, 0.25) is 11.9 Å². The van der Waals surface area contributed by atoms with E-state index in [1.807, 2.05) is 0 Å². The van der Waals surface area contributed by atoms with Crippen molar-refractivity contribution in [2.75, 3.05) is 0 Å². The highest BCUT2D eigenvalue weighted by atomic mass is 28.3. The molecule has 3 aliphatic rings. The average Bonchev–Trinajstić information content (AvgIpc) is 1.38. The Bertz CT molecular complexity index is 7400. The zero-order chi connectivity index (χ0) is 80.1. The first-order valence-corrected chi connectivity index (χ1v) is 46.1. The van der Waals surface area contributed by atoms with E-state index < -0.39 is 16.1 Å². The van der Waals surface area contributed by atoms with Crippen LogP contribution >= 0.6 is 0 Å². The summed E-state index contributed by atoms with van der Waals surface area (Å²) in [6, 6.07) is 162. The van der Waals surface area contributed by atoms with Crippen molar-refractivity contribution in [3.05, 3.63) is 470 Å². The van der Waals surface area contributed by atoms with Crippen LogP contribution in [0.4, 0.5) is 0 Å². The quantitative estimate of drug-likeness (QED) is 0.0803. The van der Waals surface area contributed by atoms with E-state index >= 15 is 0 Å². The molecule has 0 unspecified atom stereocenters. The van der Waals surface area contributed by atoms with E-state index in [1.54, 1.807) is 0 Å². The molecule has 8 nitrogen and oxygen atoms in total. The van der Waals surface area contributed by atoms with Crippen molar-refractivity contribution < 1.29 is 0 Å². The number of benzene rings is 17. The van der Waals surface area contributed by atoms with Crippen molar-refractivity contribution in [3.8, 4) is 46.0 Å². The topological polar surface area (TPSA) is 71.3 Å². The second-order valence-corrected chi connectivity index (χ2v) is 40.2. The Morgan fingerprint density at radius 2 is 0.459 bits per heavy atom. The summed E-state index contributed by atoms with van der Waals surface area (Å²) in [6.07, 6.45) is 0. The van der Waals surface area contributed by atoms with Gasteiger partial charge >= 0.3 is 0 Å². The lowest BCUT2D eigenvalue weighted by molar-refractivity contribution is 0.767. The summed E-state index contributed by atoms with van der Waals surface area (Å²) in [5.41, 5.74) is 19.9. The highest BCUT2D eigenvalue weighted by Gasteiger charge is 2.47. The van der Waals surface area contributed by atoms with Gasteiger partial charge in [0.25, 0.3) is 0 Å². The first-order chi connectivity index (χ1) is 60.6. The van der Waals surface area contributed by atoms with E-state index in [-0.39, 0.29) is 11.8 Å². The Kier molecular flexibility index (Phi) is 15.7. The van der Waals surface area contributed by atoms with Gasteiger partial charge in [-0.15, -0.1) is 0 Å². The minimum atomic E-state index is -3.00. The molecule has 0 aliphatic heterocycles. The van der Waals surface area contributed by atoms with E-state index in [0.29, 0.717) is 11.9 Å². The number of fused-ring (bicyclic) bond motifs is 12. The molecule has 0 spiro atoms. The molecule has 17 aromatic carbocycles. The van der Waals surface area contributed by atoms with Crippen molar-refractivity contribution in [2.24, 2.45) is 0 Å². The first-order valence-electron chi connectivity index (χ1n) is 42.1. The third-order valence-corrected chi connectivity index (χ3v) is 36.0. The minimum absolute atomic E-state index is 0.0848. The normalized spacial score (nSPS) is 13.7. The van der Waals surface area contributed by atoms with E-state index in [0.717, 1.165) is 111 Å². The molecule has 3 aliphatic carbocycles. The Morgan fingerprint density at radius 3 is 0.787 bits per heavy atom. The summed E-state index contributed by atoms with van der Waals surface area (Å²) >= 11 is 0. The van der Waals surface area contributed by atoms with Crippen molar-refractivity contribution in [2.45, 2.75) is 11.8 Å². The van der Waals surface area contributed by atoms with E-state index in [9.17, 15) is 0 Å². The van der Waals surface area contributed by atoms with Gasteiger partial charge in [-0.05, 0) is 123 Å². The molecule has 6 heterocycles. The van der Waals surface area contributed by atoms with Crippen molar-refractivity contribution >= 4 is 145 Å². The molecule has 0 saturated carbocycles. The summed E-state index contributed by atoms with van der Waals surface area (Å²) in [4.78, 5) is 23.8. The molecule has 23 aromatic rings. The number of rotatable bonds is 14. The molecule has 0 radical (unpaired) electrons. The molecule has 0 saturated heterocycles. The van der Waals surface area contributed by atoms with Gasteiger partial charge in [0.1, 0.15) is 11.6 Å². The molecule has 26 rings (SSSR count). The molecular weight excluding hydrogens is 1510 g/mol. The van der Waals surface area contributed by atoms with Crippen LogP contribution in [0.3, 0.4) is 0 Å². The molecular formula is C112H74N8Si2. The SMILES string of the molecule is c1ccc([Si](c2ccccc2)(c2ccccc2)c2cccc(-c3cc(-n4c5ccccc5c5ccccc54)nc(-n4c5ccccc5c5c6c(ccc54)C4c5ccccc5C6c5c4ccc4c5c5ccccc5n4-c4nc(-c5cccc([Si](c6ccccc6)(c6ccccc6)c6ccccc6)c5)cc(-n5c6ccccc6c6ccccc65)n4)n3)c2)cc1. The number of hydrogen-bond acceptors (Lipinski definition) is 4. The lowest BCUT2D eigenvalue weighted by Crippen LogP contribution is -2.74. The van der Waals surface area contributed by atoms with Gasteiger partial charge in [-0.3, -0.25) is 18.3 Å². The summed E-state index contributed by atoms with van der Waals surface area (Å²) in [5.74, 6) is 2.43. The molecule has 10 heteroatoms. The number of para-hydroxylation sites is 6. The summed E-state index contributed by atoms with van der Waals surface area (Å²) in [5, 5.41) is 19.7. The second kappa shape index (κ2) is 27.6. The van der Waals surface area contributed by atoms with Crippen molar-refractivity contribution in [3.63, 3.8) is 0 Å². The number of hydrogen-bond donors (Lipinski definition) is 0. The Hall–Kier alpha value is -15.5. The number of nitrogens with zero attached hydrogens (tertiary/aromatic N) is 8. The summed E-state index contributed by atoms with van der Waals surface area (Å²) < 4.78 is 9.45. The molecule has 570 valence electrons. The van der Waals surface area contributed by atoms with E-state index in [1.165, 1.54) is 85.6 Å². The van der Waals surface area contributed by atoms with Gasteiger partial charge in [-0.1, -0.05) is 376 Å². The van der Waals surface area contributed by atoms with Crippen LogP contribution in [-0.2, 0) is 0 Å². The Balaban J connectivity index is 0.720. The molecule has 0 atom stereocenters. The lowest BCUT2D eigenvalue weighted by atomic mass is 9.59. The van der Waals surface area contributed by atoms with Gasteiger partial charge in [-0.2, -0.15) is 9.97 Å². The maximum absolute atomic E-state index is 5.97. The van der Waals surface area contributed by atoms with Crippen LogP contribution in [-0.4, -0.2) is 54.4 Å². The molecule has 2 bridgehead atoms. The minimum Gasteiger partial charge on any atom is -0.294 e. The fourth-order valence-corrected chi connectivity index (χ4v) is 31.2. The van der Waals surface area contributed by atoms with Gasteiger partial charge < -0.3 is 0 Å². The molecule has 0 N–H and O–H groups in total. The first kappa shape index (κ1) is 69.6. The lowest BCUT2D eigenvalue weighted by Gasteiger charge is -2.43. The van der Waals surface area contributed by atoms with Crippen LogP contribution in [0, 0.1) is 0 Å². The maximum Gasteiger partial charge on any atom is 0.237 e. The second-order valence-electron chi connectivity index (χ2n) is 32.5. The molecule has 122 heavy (non-hydrogen) atoms. The predicted octanol–water partition coefficient (Wildman–Crippen LogP) is 20.7. The average molecular weight is 1590 g/mol. The van der Waals surface area contributed by atoms with Crippen LogP contribution in [0.1, 0.15) is 45.2 Å². The smallest absolute Gasteiger partial charge is 0.237 e. The Morgan fingerprint density at radius 1 is 0.189 bits per heavy atom. The monoisotopic (exact) mass is 1590 g/mol. The van der Waals surface area contributed by atoms with Crippen LogP contribution in [0.5, 0.6) is 0 Å². The third kappa shape index (κ3) is 10.2. The fourth-order valence-electron chi connectivity index (χ4n) is 21.6. The summed E-state index contributed by atoms with van der Waals surface area (Å²) in [7, 11) is -6.01. The van der Waals surface area contributed by atoms with Crippen LogP contribution in [0.25, 0.3) is 133 Å². The molecule has 0 fully saturated rings. The van der Waals surface area contributed by atoms with Crippen molar-refractivity contribution in [1.29, 1.82) is 0 Å². The zero-order valence-corrected chi connectivity index (χ0v) is 68.3. The maximum atomic E-state index is 5.97. The Labute approximate surface area is 706 Å². The van der Waals surface area contributed by atoms with Crippen LogP contribution in [0.2, 0.25) is 0 Å². The van der Waals surface area contributed by atoms with Gasteiger partial charge in [0.15, 0.2) is 16.1 Å². The van der Waals surface area contributed by atoms with E-state index in [2.05, 4.69) is 455 Å². The van der Waals surface area contributed by atoms with Gasteiger partial charge in [0.05, 0.1) is 55.5 Å². The zero-order valence-electron chi connectivity index (χ0n) is 66.3. The number of aromatic nitrogens is 8.